The highest BCUT2D eigenvalue weighted by molar-refractivity contribution is 5.22. The molecule has 14 heavy (non-hydrogen) atoms. The van der Waals surface area contributed by atoms with E-state index in [4.69, 9.17) is 5.73 Å². The highest BCUT2D eigenvalue weighted by atomic mass is 16.1. The molecule has 0 unspecified atom stereocenters. The van der Waals surface area contributed by atoms with E-state index in [0.29, 0.717) is 18.9 Å². The Labute approximate surface area is 82.6 Å². The van der Waals surface area contributed by atoms with E-state index in [2.05, 4.69) is 9.97 Å². The third-order valence-corrected chi connectivity index (χ3v) is 2.87. The number of hydrogen-bond acceptors (Lipinski definition) is 3. The normalized spacial score (nSPS) is 16.6. The molecule has 1 aromatic rings. The van der Waals surface area contributed by atoms with Crippen molar-refractivity contribution >= 4 is 0 Å². The summed E-state index contributed by atoms with van der Waals surface area (Å²) in [5.41, 5.74) is 7.23. The lowest BCUT2D eigenvalue weighted by molar-refractivity contribution is 0.407. The Bertz CT molecular complexity index is 368. The van der Waals surface area contributed by atoms with Crippen LogP contribution in [0, 0.1) is 0 Å². The van der Waals surface area contributed by atoms with Crippen molar-refractivity contribution in [3.05, 3.63) is 27.9 Å². The van der Waals surface area contributed by atoms with Crippen molar-refractivity contribution in [2.24, 2.45) is 5.73 Å². The van der Waals surface area contributed by atoms with E-state index < -0.39 is 0 Å². The van der Waals surface area contributed by atoms with Crippen LogP contribution in [0.2, 0.25) is 0 Å². The van der Waals surface area contributed by atoms with E-state index in [9.17, 15) is 4.79 Å². The third-order valence-electron chi connectivity index (χ3n) is 2.87. The molecule has 1 saturated carbocycles. The summed E-state index contributed by atoms with van der Waals surface area (Å²) in [5, 5.41) is 0. The number of aromatic nitrogens is 2. The maximum absolute atomic E-state index is 11.5. The largest absolute Gasteiger partial charge is 0.330 e. The monoisotopic (exact) mass is 193 g/mol. The van der Waals surface area contributed by atoms with Crippen LogP contribution in [0.15, 0.2) is 11.1 Å². The van der Waals surface area contributed by atoms with Crippen molar-refractivity contribution in [1.29, 1.82) is 0 Å². The van der Waals surface area contributed by atoms with Gasteiger partial charge in [0, 0.05) is 11.5 Å². The van der Waals surface area contributed by atoms with Crippen molar-refractivity contribution in [3.63, 3.8) is 0 Å². The minimum absolute atomic E-state index is 0.0210. The fourth-order valence-electron chi connectivity index (χ4n) is 1.86. The first-order valence-corrected chi connectivity index (χ1v) is 5.09. The Balaban J connectivity index is 2.36. The molecular formula is C10H15N3O. The molecule has 0 bridgehead atoms. The van der Waals surface area contributed by atoms with Gasteiger partial charge in [-0.1, -0.05) is 6.42 Å². The van der Waals surface area contributed by atoms with Crippen molar-refractivity contribution < 1.29 is 0 Å². The van der Waals surface area contributed by atoms with Crippen LogP contribution in [-0.4, -0.2) is 16.5 Å². The number of hydrogen-bond donors (Lipinski definition) is 2. The Kier molecular flexibility index (Phi) is 2.63. The second-order valence-electron chi connectivity index (χ2n) is 3.76. The first kappa shape index (κ1) is 9.40. The van der Waals surface area contributed by atoms with E-state index in [1.807, 2.05) is 0 Å². The van der Waals surface area contributed by atoms with Gasteiger partial charge in [0.2, 0.25) is 0 Å². The smallest absolute Gasteiger partial charge is 0.254 e. The van der Waals surface area contributed by atoms with Crippen LogP contribution >= 0.6 is 0 Å². The van der Waals surface area contributed by atoms with E-state index in [1.165, 1.54) is 12.7 Å². The molecule has 4 nitrogen and oxygen atoms in total. The summed E-state index contributed by atoms with van der Waals surface area (Å²) in [4.78, 5) is 18.4. The maximum Gasteiger partial charge on any atom is 0.254 e. The molecular weight excluding hydrogens is 178 g/mol. The van der Waals surface area contributed by atoms with E-state index in [-0.39, 0.29) is 5.56 Å². The molecule has 1 heterocycles. The molecule has 0 radical (unpaired) electrons. The zero-order valence-corrected chi connectivity index (χ0v) is 8.12. The topological polar surface area (TPSA) is 71.8 Å². The maximum atomic E-state index is 11.5. The Morgan fingerprint density at radius 3 is 2.93 bits per heavy atom. The number of nitrogens with zero attached hydrogens (tertiary/aromatic N) is 1. The van der Waals surface area contributed by atoms with E-state index in [1.54, 1.807) is 0 Å². The third kappa shape index (κ3) is 1.57. The highest BCUT2D eigenvalue weighted by Gasteiger charge is 2.24. The molecule has 0 spiro atoms. The summed E-state index contributed by atoms with van der Waals surface area (Å²) < 4.78 is 0. The molecule has 76 valence electrons. The molecule has 0 amide bonds. The first-order chi connectivity index (χ1) is 6.83. The summed E-state index contributed by atoms with van der Waals surface area (Å²) in [5.74, 6) is 0.499. The molecule has 0 saturated heterocycles. The zero-order chi connectivity index (χ0) is 9.97. The van der Waals surface area contributed by atoms with Crippen LogP contribution in [-0.2, 0) is 6.42 Å². The fraction of sp³-hybridized carbons (Fsp3) is 0.600. The molecule has 3 N–H and O–H groups in total. The molecule has 1 aromatic heterocycles. The summed E-state index contributed by atoms with van der Waals surface area (Å²) in [7, 11) is 0. The Morgan fingerprint density at radius 1 is 1.57 bits per heavy atom. The van der Waals surface area contributed by atoms with Crippen molar-refractivity contribution in [2.75, 3.05) is 6.54 Å². The second kappa shape index (κ2) is 3.92. The lowest BCUT2D eigenvalue weighted by Gasteiger charge is -2.26. The van der Waals surface area contributed by atoms with Crippen LogP contribution in [0.5, 0.6) is 0 Å². The van der Waals surface area contributed by atoms with Crippen molar-refractivity contribution in [3.8, 4) is 0 Å². The van der Waals surface area contributed by atoms with Gasteiger partial charge in [-0.25, -0.2) is 4.98 Å². The summed E-state index contributed by atoms with van der Waals surface area (Å²) >= 11 is 0. The van der Waals surface area contributed by atoms with Crippen molar-refractivity contribution in [1.82, 2.24) is 9.97 Å². The van der Waals surface area contributed by atoms with Crippen LogP contribution < -0.4 is 11.3 Å². The molecule has 1 aliphatic carbocycles. The molecule has 1 aliphatic rings. The summed E-state index contributed by atoms with van der Waals surface area (Å²) in [6, 6.07) is 0. The molecule has 2 rings (SSSR count). The standard InChI is InChI=1S/C10H15N3O/c11-5-4-8-9(7-2-1-3-7)12-6-13-10(8)14/h6-7H,1-5,11H2,(H,12,13,14). The van der Waals surface area contributed by atoms with Gasteiger partial charge in [0.25, 0.3) is 5.56 Å². The predicted molar refractivity (Wildman–Crippen MR) is 54.2 cm³/mol. The molecule has 0 aliphatic heterocycles. The summed E-state index contributed by atoms with van der Waals surface area (Å²) in [6.45, 7) is 0.508. The number of nitrogens with two attached hydrogens (primary N) is 1. The minimum atomic E-state index is -0.0210. The van der Waals surface area contributed by atoms with Crippen LogP contribution in [0.25, 0.3) is 0 Å². The SMILES string of the molecule is NCCc1c(C2CCC2)nc[nH]c1=O. The first-order valence-electron chi connectivity index (χ1n) is 5.09. The average Bonchev–Trinajstić information content (AvgIpc) is 2.08. The van der Waals surface area contributed by atoms with Gasteiger partial charge in [-0.2, -0.15) is 0 Å². The van der Waals surface area contributed by atoms with Gasteiger partial charge in [-0.05, 0) is 25.8 Å². The Hall–Kier alpha value is -1.16. The van der Waals surface area contributed by atoms with Crippen molar-refractivity contribution in [2.45, 2.75) is 31.6 Å². The van der Waals surface area contributed by atoms with Gasteiger partial charge >= 0.3 is 0 Å². The van der Waals surface area contributed by atoms with Gasteiger partial charge in [0.05, 0.1) is 12.0 Å². The van der Waals surface area contributed by atoms with Gasteiger partial charge in [0.15, 0.2) is 0 Å². The average molecular weight is 193 g/mol. The number of aromatic amines is 1. The summed E-state index contributed by atoms with van der Waals surface area (Å²) in [6.07, 6.45) is 5.70. The van der Waals surface area contributed by atoms with Crippen LogP contribution in [0.1, 0.15) is 36.4 Å². The molecule has 0 aromatic carbocycles. The van der Waals surface area contributed by atoms with E-state index >= 15 is 0 Å². The minimum Gasteiger partial charge on any atom is -0.330 e. The molecule has 1 fully saturated rings. The fourth-order valence-corrected chi connectivity index (χ4v) is 1.86. The van der Waals surface area contributed by atoms with Crippen LogP contribution in [0.3, 0.4) is 0 Å². The molecule has 4 heteroatoms. The highest BCUT2D eigenvalue weighted by Crippen LogP contribution is 2.35. The number of rotatable bonds is 3. The van der Waals surface area contributed by atoms with Gasteiger partial charge in [-0.3, -0.25) is 4.79 Å². The van der Waals surface area contributed by atoms with E-state index in [0.717, 1.165) is 24.1 Å². The van der Waals surface area contributed by atoms with Gasteiger partial charge in [0.1, 0.15) is 0 Å². The second-order valence-corrected chi connectivity index (χ2v) is 3.76. The Morgan fingerprint density at radius 2 is 2.36 bits per heavy atom. The molecule has 0 atom stereocenters. The lowest BCUT2D eigenvalue weighted by atomic mass is 9.81. The number of nitrogens with one attached hydrogen (secondary N) is 1. The van der Waals surface area contributed by atoms with Gasteiger partial charge in [-0.15, -0.1) is 0 Å². The quantitative estimate of drug-likeness (QED) is 0.736. The van der Waals surface area contributed by atoms with Crippen LogP contribution in [0.4, 0.5) is 0 Å². The predicted octanol–water partition coefficient (Wildman–Crippen LogP) is 0.539. The zero-order valence-electron chi connectivity index (χ0n) is 8.12. The lowest BCUT2D eigenvalue weighted by Crippen LogP contribution is -2.23. The number of H-pyrrole nitrogens is 1. The van der Waals surface area contributed by atoms with Gasteiger partial charge < -0.3 is 10.7 Å².